The first-order valence-corrected chi connectivity index (χ1v) is 6.28. The van der Waals surface area contributed by atoms with Crippen molar-refractivity contribution in [3.8, 4) is 11.4 Å². The summed E-state index contributed by atoms with van der Waals surface area (Å²) in [5.41, 5.74) is 1.85. The minimum absolute atomic E-state index is 0.0418. The Hall–Kier alpha value is -1.55. The van der Waals surface area contributed by atoms with E-state index in [4.69, 9.17) is 4.74 Å². The van der Waals surface area contributed by atoms with Gasteiger partial charge in [0, 0.05) is 23.3 Å². The van der Waals surface area contributed by atoms with E-state index < -0.39 is 0 Å². The van der Waals surface area contributed by atoms with Crippen LogP contribution in [0.5, 0.6) is 5.75 Å². The Morgan fingerprint density at radius 3 is 2.47 bits per heavy atom. The Morgan fingerprint density at radius 2 is 1.88 bits per heavy atom. The molecule has 0 bridgehead atoms. The van der Waals surface area contributed by atoms with Crippen LogP contribution in [0, 0.1) is 0 Å². The highest BCUT2D eigenvalue weighted by Gasteiger charge is 2.01. The number of hydrogen-bond donors (Lipinski definition) is 0. The quantitative estimate of drug-likeness (QED) is 0.815. The molecule has 0 spiro atoms. The lowest BCUT2D eigenvalue weighted by Crippen LogP contribution is -2.16. The van der Waals surface area contributed by atoms with Gasteiger partial charge in [0.05, 0.1) is 7.11 Å². The van der Waals surface area contributed by atoms with Gasteiger partial charge in [-0.25, -0.2) is 0 Å². The monoisotopic (exact) mass is 293 g/mol. The Kier molecular flexibility index (Phi) is 3.64. The van der Waals surface area contributed by atoms with Crippen molar-refractivity contribution in [2.45, 2.75) is 5.33 Å². The average Bonchev–Trinajstić information content (AvgIpc) is 2.39. The number of pyridine rings is 1. The number of aromatic nitrogens is 1. The number of ether oxygens (including phenoxy) is 1. The number of benzene rings is 1. The van der Waals surface area contributed by atoms with Crippen molar-refractivity contribution in [1.82, 2.24) is 4.57 Å². The van der Waals surface area contributed by atoms with Gasteiger partial charge in [-0.15, -0.1) is 0 Å². The van der Waals surface area contributed by atoms with Crippen LogP contribution < -0.4 is 10.3 Å². The maximum Gasteiger partial charge on any atom is 0.255 e. The molecule has 0 unspecified atom stereocenters. The highest BCUT2D eigenvalue weighted by Crippen LogP contribution is 2.14. The van der Waals surface area contributed by atoms with Gasteiger partial charge >= 0.3 is 0 Å². The lowest BCUT2D eigenvalue weighted by molar-refractivity contribution is 0.414. The zero-order valence-electron chi connectivity index (χ0n) is 9.39. The summed E-state index contributed by atoms with van der Waals surface area (Å²) in [4.78, 5) is 11.8. The van der Waals surface area contributed by atoms with Crippen LogP contribution in [0.15, 0.2) is 47.4 Å². The highest BCUT2D eigenvalue weighted by molar-refractivity contribution is 9.08. The van der Waals surface area contributed by atoms with E-state index in [1.165, 1.54) is 0 Å². The summed E-state index contributed by atoms with van der Waals surface area (Å²) in [6.07, 6.45) is 1.83. The maximum absolute atomic E-state index is 11.8. The molecule has 0 fully saturated rings. The van der Waals surface area contributed by atoms with E-state index >= 15 is 0 Å². The van der Waals surface area contributed by atoms with Crippen molar-refractivity contribution in [2.75, 3.05) is 7.11 Å². The second-order valence-corrected chi connectivity index (χ2v) is 4.14. The van der Waals surface area contributed by atoms with Crippen molar-refractivity contribution in [3.05, 3.63) is 58.5 Å². The molecule has 0 aliphatic carbocycles. The minimum Gasteiger partial charge on any atom is -0.497 e. The first-order chi connectivity index (χ1) is 8.24. The molecule has 0 amide bonds. The standard InChI is InChI=1S/C13H12BrNO2/c1-17-12-5-3-11(4-6-12)15-9-10(8-14)2-7-13(15)16/h2-7,9H,8H2,1H3. The van der Waals surface area contributed by atoms with Gasteiger partial charge in [0.2, 0.25) is 0 Å². The molecule has 1 aromatic heterocycles. The van der Waals surface area contributed by atoms with Crippen LogP contribution in [-0.2, 0) is 5.33 Å². The number of nitrogens with zero attached hydrogens (tertiary/aromatic N) is 1. The topological polar surface area (TPSA) is 31.2 Å². The Balaban J connectivity index is 2.47. The van der Waals surface area contributed by atoms with Gasteiger partial charge in [0.1, 0.15) is 5.75 Å². The largest absolute Gasteiger partial charge is 0.497 e. The Morgan fingerprint density at radius 1 is 1.18 bits per heavy atom. The van der Waals surface area contributed by atoms with Crippen LogP contribution in [-0.4, -0.2) is 11.7 Å². The second-order valence-electron chi connectivity index (χ2n) is 3.58. The van der Waals surface area contributed by atoms with Gasteiger partial charge in [-0.2, -0.15) is 0 Å². The molecule has 17 heavy (non-hydrogen) atoms. The van der Waals surface area contributed by atoms with Crippen molar-refractivity contribution in [1.29, 1.82) is 0 Å². The predicted molar refractivity (Wildman–Crippen MR) is 71.2 cm³/mol. The lowest BCUT2D eigenvalue weighted by atomic mass is 10.2. The van der Waals surface area contributed by atoms with Crippen molar-refractivity contribution >= 4 is 15.9 Å². The summed E-state index contributed by atoms with van der Waals surface area (Å²) >= 11 is 3.38. The molecule has 0 aliphatic rings. The van der Waals surface area contributed by atoms with E-state index in [-0.39, 0.29) is 5.56 Å². The van der Waals surface area contributed by atoms with Gasteiger partial charge in [0.15, 0.2) is 0 Å². The SMILES string of the molecule is COc1ccc(-n2cc(CBr)ccc2=O)cc1. The zero-order chi connectivity index (χ0) is 12.3. The smallest absolute Gasteiger partial charge is 0.255 e. The van der Waals surface area contributed by atoms with Gasteiger partial charge in [-0.05, 0) is 29.8 Å². The van der Waals surface area contributed by atoms with Crippen molar-refractivity contribution in [2.24, 2.45) is 0 Å². The van der Waals surface area contributed by atoms with E-state index in [1.54, 1.807) is 17.7 Å². The summed E-state index contributed by atoms with van der Waals surface area (Å²) in [5.74, 6) is 0.776. The van der Waals surface area contributed by atoms with Crippen molar-refractivity contribution in [3.63, 3.8) is 0 Å². The zero-order valence-corrected chi connectivity index (χ0v) is 11.0. The van der Waals surface area contributed by atoms with E-state index in [0.29, 0.717) is 0 Å². The Bertz CT molecular complexity index is 560. The van der Waals surface area contributed by atoms with Crippen LogP contribution in [0.2, 0.25) is 0 Å². The second kappa shape index (κ2) is 5.19. The predicted octanol–water partition coefficient (Wildman–Crippen LogP) is 2.74. The van der Waals surface area contributed by atoms with E-state index in [9.17, 15) is 4.79 Å². The third-order valence-corrected chi connectivity index (χ3v) is 3.12. The van der Waals surface area contributed by atoms with Crippen LogP contribution in [0.4, 0.5) is 0 Å². The van der Waals surface area contributed by atoms with Gasteiger partial charge < -0.3 is 4.74 Å². The number of halogens is 1. The van der Waals surface area contributed by atoms with Crippen LogP contribution >= 0.6 is 15.9 Å². The summed E-state index contributed by atoms with van der Waals surface area (Å²) in [6, 6.07) is 10.8. The molecule has 0 aliphatic heterocycles. The van der Waals surface area contributed by atoms with E-state index in [2.05, 4.69) is 15.9 Å². The number of rotatable bonds is 3. The van der Waals surface area contributed by atoms with E-state index in [0.717, 1.165) is 22.3 Å². The summed E-state index contributed by atoms with van der Waals surface area (Å²) < 4.78 is 6.71. The molecule has 0 saturated carbocycles. The fourth-order valence-corrected chi connectivity index (χ4v) is 1.89. The van der Waals surface area contributed by atoms with Gasteiger partial charge in [-0.1, -0.05) is 22.0 Å². The molecule has 1 aromatic carbocycles. The first-order valence-electron chi connectivity index (χ1n) is 5.16. The summed E-state index contributed by atoms with van der Waals surface area (Å²) in [6.45, 7) is 0. The minimum atomic E-state index is -0.0418. The highest BCUT2D eigenvalue weighted by atomic mass is 79.9. The fourth-order valence-electron chi connectivity index (χ4n) is 1.55. The van der Waals surface area contributed by atoms with Crippen LogP contribution in [0.1, 0.15) is 5.56 Å². The molecule has 4 heteroatoms. The molecule has 0 radical (unpaired) electrons. The Labute approximate surface area is 108 Å². The van der Waals surface area contributed by atoms with Gasteiger partial charge in [0.25, 0.3) is 5.56 Å². The van der Waals surface area contributed by atoms with E-state index in [1.807, 2.05) is 36.5 Å². The molecular formula is C13H12BrNO2. The van der Waals surface area contributed by atoms with Crippen molar-refractivity contribution < 1.29 is 4.74 Å². The van der Waals surface area contributed by atoms with Crippen LogP contribution in [0.3, 0.4) is 0 Å². The third kappa shape index (κ3) is 2.58. The lowest BCUT2D eigenvalue weighted by Gasteiger charge is -2.07. The molecule has 0 atom stereocenters. The molecule has 0 saturated heterocycles. The average molecular weight is 294 g/mol. The third-order valence-electron chi connectivity index (χ3n) is 2.48. The van der Waals surface area contributed by atoms with Gasteiger partial charge in [-0.3, -0.25) is 9.36 Å². The maximum atomic E-state index is 11.8. The first kappa shape index (κ1) is 11.9. The van der Waals surface area contributed by atoms with Crippen LogP contribution in [0.25, 0.3) is 5.69 Å². The molecule has 1 heterocycles. The molecule has 2 aromatic rings. The molecule has 3 nitrogen and oxygen atoms in total. The normalized spacial score (nSPS) is 10.2. The fraction of sp³-hybridized carbons (Fsp3) is 0.154. The molecule has 88 valence electrons. The number of alkyl halides is 1. The molecule has 2 rings (SSSR count). The number of hydrogen-bond acceptors (Lipinski definition) is 2. The molecule has 0 N–H and O–H groups in total. The molecular weight excluding hydrogens is 282 g/mol. The number of methoxy groups -OCH3 is 1. The summed E-state index contributed by atoms with van der Waals surface area (Å²) in [5, 5.41) is 0.726. The summed E-state index contributed by atoms with van der Waals surface area (Å²) in [7, 11) is 1.62.